The van der Waals surface area contributed by atoms with Crippen molar-refractivity contribution in [3.63, 3.8) is 0 Å². The first kappa shape index (κ1) is 10.1. The fraction of sp³-hybridized carbons (Fsp3) is 0. The Morgan fingerprint density at radius 3 is 2.38 bits per heavy atom. The standard InChI is InChI=1S/C11H8N2O3/c14-11-5-9(6-12-7-11)8-1-3-10(4-2-8)13(15)16/h1-7,14H. The van der Waals surface area contributed by atoms with Crippen LogP contribution in [0.4, 0.5) is 5.69 Å². The van der Waals surface area contributed by atoms with E-state index in [2.05, 4.69) is 4.98 Å². The van der Waals surface area contributed by atoms with E-state index in [1.54, 1.807) is 24.4 Å². The molecule has 1 N–H and O–H groups in total. The van der Waals surface area contributed by atoms with E-state index in [4.69, 9.17) is 0 Å². The molecule has 0 amide bonds. The molecule has 1 aromatic carbocycles. The van der Waals surface area contributed by atoms with Gasteiger partial charge in [-0.2, -0.15) is 0 Å². The van der Waals surface area contributed by atoms with Crippen molar-refractivity contribution >= 4 is 5.69 Å². The summed E-state index contributed by atoms with van der Waals surface area (Å²) < 4.78 is 0. The zero-order valence-electron chi connectivity index (χ0n) is 8.20. The van der Waals surface area contributed by atoms with Gasteiger partial charge in [-0.25, -0.2) is 0 Å². The average molecular weight is 216 g/mol. The van der Waals surface area contributed by atoms with Crippen LogP contribution in [0.1, 0.15) is 0 Å². The van der Waals surface area contributed by atoms with Gasteiger partial charge < -0.3 is 5.11 Å². The summed E-state index contributed by atoms with van der Waals surface area (Å²) in [5, 5.41) is 19.7. The molecule has 0 bridgehead atoms. The molecule has 5 nitrogen and oxygen atoms in total. The Morgan fingerprint density at radius 2 is 1.81 bits per heavy atom. The van der Waals surface area contributed by atoms with Crippen molar-refractivity contribution < 1.29 is 10.0 Å². The van der Waals surface area contributed by atoms with Crippen LogP contribution in [0.2, 0.25) is 0 Å². The maximum atomic E-state index is 10.5. The number of non-ortho nitro benzene ring substituents is 1. The number of benzene rings is 1. The Kier molecular flexibility index (Phi) is 2.51. The summed E-state index contributed by atoms with van der Waals surface area (Å²) in [6.07, 6.45) is 2.91. The number of hydrogen-bond donors (Lipinski definition) is 1. The van der Waals surface area contributed by atoms with Gasteiger partial charge in [0.2, 0.25) is 0 Å². The van der Waals surface area contributed by atoms with Crippen LogP contribution >= 0.6 is 0 Å². The molecule has 0 fully saturated rings. The topological polar surface area (TPSA) is 76.3 Å². The van der Waals surface area contributed by atoms with Gasteiger partial charge in [0.25, 0.3) is 5.69 Å². The molecule has 0 radical (unpaired) electrons. The second-order valence-electron chi connectivity index (χ2n) is 3.24. The summed E-state index contributed by atoms with van der Waals surface area (Å²) in [5.74, 6) is 0.0656. The molecule has 5 heteroatoms. The maximum Gasteiger partial charge on any atom is 0.269 e. The van der Waals surface area contributed by atoms with Crippen LogP contribution in [0.25, 0.3) is 11.1 Å². The Balaban J connectivity index is 2.38. The molecule has 2 rings (SSSR count). The lowest BCUT2D eigenvalue weighted by Gasteiger charge is -2.00. The first-order valence-corrected chi connectivity index (χ1v) is 4.55. The highest BCUT2D eigenvalue weighted by Gasteiger charge is 2.05. The number of nitrogens with zero attached hydrogens (tertiary/aromatic N) is 2. The second-order valence-corrected chi connectivity index (χ2v) is 3.24. The average Bonchev–Trinajstić information content (AvgIpc) is 2.29. The van der Waals surface area contributed by atoms with E-state index >= 15 is 0 Å². The van der Waals surface area contributed by atoms with Crippen molar-refractivity contribution in [2.75, 3.05) is 0 Å². The van der Waals surface area contributed by atoms with Gasteiger partial charge in [-0.05, 0) is 23.8 Å². The van der Waals surface area contributed by atoms with Crippen LogP contribution in [-0.4, -0.2) is 15.0 Å². The highest BCUT2D eigenvalue weighted by Crippen LogP contribution is 2.23. The van der Waals surface area contributed by atoms with Crippen molar-refractivity contribution in [3.05, 3.63) is 52.8 Å². The molecule has 1 heterocycles. The van der Waals surface area contributed by atoms with E-state index in [-0.39, 0.29) is 11.4 Å². The van der Waals surface area contributed by atoms with E-state index in [1.807, 2.05) is 0 Å². The molecule has 0 atom stereocenters. The normalized spacial score (nSPS) is 10.0. The first-order chi connectivity index (χ1) is 7.66. The lowest BCUT2D eigenvalue weighted by molar-refractivity contribution is -0.384. The third-order valence-electron chi connectivity index (χ3n) is 2.14. The van der Waals surface area contributed by atoms with Crippen LogP contribution in [-0.2, 0) is 0 Å². The van der Waals surface area contributed by atoms with Gasteiger partial charge >= 0.3 is 0 Å². The summed E-state index contributed by atoms with van der Waals surface area (Å²) in [6, 6.07) is 7.62. The fourth-order valence-corrected chi connectivity index (χ4v) is 1.36. The van der Waals surface area contributed by atoms with Gasteiger partial charge in [-0.15, -0.1) is 0 Å². The van der Waals surface area contributed by atoms with Gasteiger partial charge in [0.15, 0.2) is 0 Å². The minimum Gasteiger partial charge on any atom is -0.506 e. The molecular formula is C11H8N2O3. The minimum atomic E-state index is -0.454. The fourth-order valence-electron chi connectivity index (χ4n) is 1.36. The summed E-state index contributed by atoms with van der Waals surface area (Å²) in [5.41, 5.74) is 1.53. The maximum absolute atomic E-state index is 10.5. The molecular weight excluding hydrogens is 208 g/mol. The minimum absolute atomic E-state index is 0.0388. The molecule has 0 aliphatic rings. The zero-order valence-corrected chi connectivity index (χ0v) is 8.20. The number of nitro groups is 1. The largest absolute Gasteiger partial charge is 0.506 e. The van der Waals surface area contributed by atoms with Crippen molar-refractivity contribution in [2.24, 2.45) is 0 Å². The van der Waals surface area contributed by atoms with E-state index in [0.717, 1.165) is 11.1 Å². The predicted octanol–water partition coefficient (Wildman–Crippen LogP) is 2.36. The van der Waals surface area contributed by atoms with E-state index in [0.29, 0.717) is 0 Å². The molecule has 16 heavy (non-hydrogen) atoms. The van der Waals surface area contributed by atoms with Crippen molar-refractivity contribution in [2.45, 2.75) is 0 Å². The Hall–Kier alpha value is -2.43. The van der Waals surface area contributed by atoms with Gasteiger partial charge in [-0.3, -0.25) is 15.1 Å². The SMILES string of the molecule is O=[N+]([O-])c1ccc(-c2cncc(O)c2)cc1. The molecule has 1 aromatic heterocycles. The molecule has 0 aliphatic heterocycles. The number of pyridine rings is 1. The molecule has 0 unspecified atom stereocenters. The molecule has 0 aliphatic carbocycles. The van der Waals surface area contributed by atoms with Crippen LogP contribution in [0.5, 0.6) is 5.75 Å². The molecule has 0 spiro atoms. The third kappa shape index (κ3) is 1.98. The highest BCUT2D eigenvalue weighted by atomic mass is 16.6. The zero-order chi connectivity index (χ0) is 11.5. The van der Waals surface area contributed by atoms with Crippen molar-refractivity contribution in [1.29, 1.82) is 0 Å². The number of aromatic hydroxyl groups is 1. The van der Waals surface area contributed by atoms with E-state index in [9.17, 15) is 15.2 Å². The Morgan fingerprint density at radius 1 is 1.12 bits per heavy atom. The molecule has 80 valence electrons. The third-order valence-corrected chi connectivity index (χ3v) is 2.14. The second kappa shape index (κ2) is 3.98. The summed E-state index contributed by atoms with van der Waals surface area (Å²) in [6.45, 7) is 0. The van der Waals surface area contributed by atoms with Crippen molar-refractivity contribution in [3.8, 4) is 16.9 Å². The number of rotatable bonds is 2. The smallest absolute Gasteiger partial charge is 0.269 e. The molecule has 2 aromatic rings. The number of hydrogen-bond acceptors (Lipinski definition) is 4. The summed E-state index contributed by atoms with van der Waals surface area (Å²) in [7, 11) is 0. The van der Waals surface area contributed by atoms with Crippen LogP contribution in [0.15, 0.2) is 42.7 Å². The lowest BCUT2D eigenvalue weighted by Crippen LogP contribution is -1.87. The van der Waals surface area contributed by atoms with Crippen LogP contribution < -0.4 is 0 Å². The number of aromatic nitrogens is 1. The van der Waals surface area contributed by atoms with Gasteiger partial charge in [0.05, 0.1) is 11.1 Å². The molecule has 0 saturated heterocycles. The first-order valence-electron chi connectivity index (χ1n) is 4.55. The van der Waals surface area contributed by atoms with E-state index in [1.165, 1.54) is 18.3 Å². The Labute approximate surface area is 91.2 Å². The number of nitro benzene ring substituents is 1. The van der Waals surface area contributed by atoms with Crippen molar-refractivity contribution in [1.82, 2.24) is 4.98 Å². The van der Waals surface area contributed by atoms with Gasteiger partial charge in [0, 0.05) is 23.9 Å². The van der Waals surface area contributed by atoms with Crippen LogP contribution in [0, 0.1) is 10.1 Å². The predicted molar refractivity (Wildman–Crippen MR) is 58.0 cm³/mol. The lowest BCUT2D eigenvalue weighted by atomic mass is 10.1. The van der Waals surface area contributed by atoms with Gasteiger partial charge in [-0.1, -0.05) is 0 Å². The van der Waals surface area contributed by atoms with Gasteiger partial charge in [0.1, 0.15) is 5.75 Å². The van der Waals surface area contributed by atoms with E-state index < -0.39 is 4.92 Å². The van der Waals surface area contributed by atoms with Crippen LogP contribution in [0.3, 0.4) is 0 Å². The highest BCUT2D eigenvalue weighted by molar-refractivity contribution is 5.64. The Bertz CT molecular complexity index is 523. The summed E-state index contributed by atoms with van der Waals surface area (Å²) >= 11 is 0. The summed E-state index contributed by atoms with van der Waals surface area (Å²) in [4.78, 5) is 13.8. The quantitative estimate of drug-likeness (QED) is 0.617. The monoisotopic (exact) mass is 216 g/mol. The molecule has 0 saturated carbocycles.